The molecule has 0 aromatic heterocycles. The molecule has 0 aromatic rings. The van der Waals surface area contributed by atoms with Crippen LogP contribution in [0.1, 0.15) is 162 Å². The topological polar surface area (TPSA) is 169 Å². The summed E-state index contributed by atoms with van der Waals surface area (Å²) in [7, 11) is -4.71. The summed E-state index contributed by atoms with van der Waals surface area (Å²) < 4.78 is 26.3. The fourth-order valence-electron chi connectivity index (χ4n) is 4.89. The number of phosphoric ester groups is 1. The second-order valence-corrected chi connectivity index (χ2v) is 13.5. The van der Waals surface area contributed by atoms with Crippen LogP contribution >= 0.6 is 7.82 Å². The van der Waals surface area contributed by atoms with Gasteiger partial charge in [0.2, 0.25) is 5.91 Å². The smallest absolute Gasteiger partial charge is 0.472 e. The van der Waals surface area contributed by atoms with E-state index in [0.717, 1.165) is 19.3 Å². The summed E-state index contributed by atoms with van der Waals surface area (Å²) in [5.74, 6) is -2.44. The molecule has 45 heavy (non-hydrogen) atoms. The van der Waals surface area contributed by atoms with Crippen LogP contribution in [0.5, 0.6) is 0 Å². The summed E-state index contributed by atoms with van der Waals surface area (Å²) in [4.78, 5) is 44.5. The molecule has 12 heteroatoms. The van der Waals surface area contributed by atoms with Crippen molar-refractivity contribution in [2.24, 2.45) is 0 Å². The quantitative estimate of drug-likeness (QED) is 0.0311. The molecule has 0 radical (unpaired) electrons. The van der Waals surface area contributed by atoms with Gasteiger partial charge in [-0.15, -0.1) is 0 Å². The number of esters is 1. The van der Waals surface area contributed by atoms with Crippen LogP contribution in [0.15, 0.2) is 0 Å². The van der Waals surface area contributed by atoms with Gasteiger partial charge in [-0.25, -0.2) is 9.36 Å². The second-order valence-electron chi connectivity index (χ2n) is 12.1. The molecule has 3 unspecified atom stereocenters. The van der Waals surface area contributed by atoms with Crippen LogP contribution in [0.25, 0.3) is 0 Å². The number of carbonyl (C=O) groups excluding carboxylic acids is 2. The SMILES string of the molecule is CCCCCCCCCCCCCCCCCCCCCCC(=O)OCC(O)COP(=O)(O)OCC(NC(=O)CCC)C(=O)O. The Hall–Kier alpha value is -1.52. The fourth-order valence-corrected chi connectivity index (χ4v) is 5.66. The maximum absolute atomic E-state index is 12.0. The summed E-state index contributed by atoms with van der Waals surface area (Å²) in [6, 6.07) is -1.53. The lowest BCUT2D eigenvalue weighted by Gasteiger charge is -2.18. The third-order valence-corrected chi connectivity index (χ3v) is 8.57. The van der Waals surface area contributed by atoms with Gasteiger partial charge < -0.3 is 25.2 Å². The number of carbonyl (C=O) groups is 3. The first-order valence-corrected chi connectivity index (χ1v) is 19.1. The lowest BCUT2D eigenvalue weighted by Crippen LogP contribution is -2.43. The van der Waals surface area contributed by atoms with E-state index in [-0.39, 0.29) is 12.8 Å². The van der Waals surface area contributed by atoms with E-state index in [4.69, 9.17) is 9.84 Å². The number of carboxylic acids is 1. The number of nitrogens with one attached hydrogen (secondary N) is 1. The fraction of sp³-hybridized carbons (Fsp3) is 0.909. The zero-order valence-electron chi connectivity index (χ0n) is 28.2. The number of aliphatic hydroxyl groups excluding tert-OH is 1. The number of ether oxygens (including phenoxy) is 1. The zero-order chi connectivity index (χ0) is 33.6. The number of aliphatic carboxylic acids is 1. The molecule has 0 rings (SSSR count). The molecule has 0 fully saturated rings. The van der Waals surface area contributed by atoms with E-state index in [2.05, 4.69) is 21.3 Å². The predicted molar refractivity (Wildman–Crippen MR) is 176 cm³/mol. The molecule has 11 nitrogen and oxygen atoms in total. The maximum atomic E-state index is 12.0. The van der Waals surface area contributed by atoms with Crippen molar-refractivity contribution in [1.29, 1.82) is 0 Å². The van der Waals surface area contributed by atoms with Crippen molar-refractivity contribution in [3.63, 3.8) is 0 Å². The molecule has 1 amide bonds. The number of hydrogen-bond acceptors (Lipinski definition) is 8. The normalized spacial score (nSPS) is 14.0. The molecule has 0 saturated carbocycles. The van der Waals surface area contributed by atoms with Gasteiger partial charge in [-0.2, -0.15) is 0 Å². The van der Waals surface area contributed by atoms with Gasteiger partial charge in [-0.05, 0) is 12.8 Å². The van der Waals surface area contributed by atoms with Crippen LogP contribution in [0.4, 0.5) is 0 Å². The van der Waals surface area contributed by atoms with Crippen LogP contribution in [0.3, 0.4) is 0 Å². The summed E-state index contributed by atoms with van der Waals surface area (Å²) in [6.45, 7) is 2.13. The van der Waals surface area contributed by atoms with Crippen LogP contribution in [0.2, 0.25) is 0 Å². The number of carboxylic acid groups (broad SMARTS) is 1. The van der Waals surface area contributed by atoms with Gasteiger partial charge in [0.15, 0.2) is 6.04 Å². The monoisotopic (exact) mass is 665 g/mol. The minimum Gasteiger partial charge on any atom is -0.480 e. The first-order chi connectivity index (χ1) is 21.6. The van der Waals surface area contributed by atoms with Crippen LogP contribution in [-0.4, -0.2) is 64.9 Å². The molecule has 0 spiro atoms. The van der Waals surface area contributed by atoms with Crippen molar-refractivity contribution in [2.75, 3.05) is 19.8 Å². The summed E-state index contributed by atoms with van der Waals surface area (Å²) >= 11 is 0. The zero-order valence-corrected chi connectivity index (χ0v) is 29.1. The second kappa shape index (κ2) is 29.9. The summed E-state index contributed by atoms with van der Waals surface area (Å²) in [5.41, 5.74) is 0. The van der Waals surface area contributed by atoms with Gasteiger partial charge in [-0.1, -0.05) is 136 Å². The predicted octanol–water partition coefficient (Wildman–Crippen LogP) is 7.61. The van der Waals surface area contributed by atoms with E-state index < -0.39 is 57.6 Å². The van der Waals surface area contributed by atoms with Gasteiger partial charge in [-0.3, -0.25) is 18.6 Å². The first kappa shape index (κ1) is 43.5. The Labute approximate surface area is 272 Å². The molecule has 0 heterocycles. The lowest BCUT2D eigenvalue weighted by molar-refractivity contribution is -0.147. The van der Waals surface area contributed by atoms with Gasteiger partial charge in [0.05, 0.1) is 13.2 Å². The highest BCUT2D eigenvalue weighted by Crippen LogP contribution is 2.43. The Bertz CT molecular complexity index is 797. The van der Waals surface area contributed by atoms with Crippen molar-refractivity contribution in [1.82, 2.24) is 5.32 Å². The van der Waals surface area contributed by atoms with E-state index in [0.29, 0.717) is 12.8 Å². The number of unbranched alkanes of at least 4 members (excludes halogenated alkanes) is 19. The van der Waals surface area contributed by atoms with E-state index in [1.807, 2.05) is 0 Å². The van der Waals surface area contributed by atoms with Crippen molar-refractivity contribution in [2.45, 2.75) is 174 Å². The van der Waals surface area contributed by atoms with Gasteiger partial charge >= 0.3 is 19.8 Å². The van der Waals surface area contributed by atoms with E-state index in [9.17, 15) is 28.9 Å². The Morgan fingerprint density at radius 3 is 1.47 bits per heavy atom. The highest BCUT2D eigenvalue weighted by Gasteiger charge is 2.28. The van der Waals surface area contributed by atoms with Crippen LogP contribution < -0.4 is 5.32 Å². The Morgan fingerprint density at radius 2 is 1.04 bits per heavy atom. The van der Waals surface area contributed by atoms with E-state index in [1.165, 1.54) is 103 Å². The Kier molecular flexibility index (Phi) is 28.8. The highest BCUT2D eigenvalue weighted by molar-refractivity contribution is 7.47. The largest absolute Gasteiger partial charge is 0.480 e. The number of rotatable bonds is 33. The number of aliphatic hydroxyl groups is 1. The highest BCUT2D eigenvalue weighted by atomic mass is 31.2. The van der Waals surface area contributed by atoms with Crippen molar-refractivity contribution in [3.05, 3.63) is 0 Å². The summed E-state index contributed by atoms with van der Waals surface area (Å²) in [6.07, 6.45) is 25.1. The molecule has 0 aromatic carbocycles. The molecule has 266 valence electrons. The maximum Gasteiger partial charge on any atom is 0.472 e. The first-order valence-electron chi connectivity index (χ1n) is 17.6. The number of amides is 1. The molecular formula is C33H64NO10P. The molecule has 0 saturated heterocycles. The molecule has 0 aliphatic rings. The standard InChI is InChI=1S/C33H64NO10P/c1-3-5-6-7-8-9-10-11-12-13-14-15-16-17-18-19-20-21-22-23-25-32(37)42-26-29(35)27-43-45(40,41)44-28-30(33(38)39)34-31(36)24-4-2/h29-30,35H,3-28H2,1-2H3,(H,34,36)(H,38,39)(H,40,41). The third kappa shape index (κ3) is 29.6. The van der Waals surface area contributed by atoms with Crippen molar-refractivity contribution in [3.8, 4) is 0 Å². The third-order valence-electron chi connectivity index (χ3n) is 7.62. The Balaban J connectivity index is 3.66. The Morgan fingerprint density at radius 1 is 0.622 bits per heavy atom. The molecule has 3 atom stereocenters. The van der Waals surface area contributed by atoms with Crippen LogP contribution in [-0.2, 0) is 32.7 Å². The van der Waals surface area contributed by atoms with E-state index in [1.54, 1.807) is 6.92 Å². The minimum absolute atomic E-state index is 0.0988. The number of phosphoric acid groups is 1. The molecular weight excluding hydrogens is 601 g/mol. The average molecular weight is 666 g/mol. The molecule has 0 bridgehead atoms. The summed E-state index contributed by atoms with van der Waals surface area (Å²) in [5, 5.41) is 21.2. The van der Waals surface area contributed by atoms with Gasteiger partial charge in [0.25, 0.3) is 0 Å². The average Bonchev–Trinajstić information content (AvgIpc) is 3.00. The lowest BCUT2D eigenvalue weighted by atomic mass is 10.0. The molecule has 0 aliphatic carbocycles. The van der Waals surface area contributed by atoms with Crippen molar-refractivity contribution >= 4 is 25.7 Å². The van der Waals surface area contributed by atoms with Crippen molar-refractivity contribution < 1.29 is 47.8 Å². The van der Waals surface area contributed by atoms with E-state index >= 15 is 0 Å². The molecule has 4 N–H and O–H groups in total. The van der Waals surface area contributed by atoms with Crippen LogP contribution in [0, 0.1) is 0 Å². The minimum atomic E-state index is -4.71. The molecule has 0 aliphatic heterocycles. The van der Waals surface area contributed by atoms with Gasteiger partial charge in [0.1, 0.15) is 12.7 Å². The number of hydrogen-bond donors (Lipinski definition) is 4. The van der Waals surface area contributed by atoms with Gasteiger partial charge in [0, 0.05) is 12.8 Å².